The van der Waals surface area contributed by atoms with Crippen LogP contribution < -0.4 is 10.5 Å². The van der Waals surface area contributed by atoms with Crippen LogP contribution in [0, 0.1) is 11.6 Å². The quantitative estimate of drug-likeness (QED) is 0.893. The van der Waals surface area contributed by atoms with Gasteiger partial charge in [0.25, 0.3) is 5.91 Å². The molecule has 3 N–H and O–H groups in total. The Hall–Kier alpha value is -2.32. The number of hydrogen-bond donors (Lipinski definition) is 2. The highest BCUT2D eigenvalue weighted by molar-refractivity contribution is 7.89. The third-order valence-electron chi connectivity index (χ3n) is 3.24. The zero-order valence-corrected chi connectivity index (χ0v) is 12.9. The minimum absolute atomic E-state index is 0.109. The van der Waals surface area contributed by atoms with Gasteiger partial charge in [-0.1, -0.05) is 6.07 Å². The number of halogens is 2. The molecule has 122 valence electrons. The summed E-state index contributed by atoms with van der Waals surface area (Å²) < 4.78 is 48.4. The Morgan fingerprint density at radius 3 is 2.22 bits per heavy atom. The number of carbonyl (C=O) groups excluding carboxylic acids is 1. The van der Waals surface area contributed by atoms with Crippen LogP contribution in [0.15, 0.2) is 47.4 Å². The van der Waals surface area contributed by atoms with E-state index >= 15 is 0 Å². The SMILES string of the molecule is CC(NC(=O)c1ccc(S(N)(=O)=O)cc1)c1ccc(F)c(F)c1. The van der Waals surface area contributed by atoms with Gasteiger partial charge in [0.15, 0.2) is 11.6 Å². The Morgan fingerprint density at radius 1 is 1.09 bits per heavy atom. The Balaban J connectivity index is 2.13. The molecular weight excluding hydrogens is 326 g/mol. The van der Waals surface area contributed by atoms with Crippen LogP contribution in [0.3, 0.4) is 0 Å². The van der Waals surface area contributed by atoms with Gasteiger partial charge in [-0.3, -0.25) is 4.79 Å². The number of sulfonamides is 1. The van der Waals surface area contributed by atoms with Gasteiger partial charge in [-0.05, 0) is 48.9 Å². The van der Waals surface area contributed by atoms with Gasteiger partial charge >= 0.3 is 0 Å². The molecule has 5 nitrogen and oxygen atoms in total. The van der Waals surface area contributed by atoms with E-state index in [-0.39, 0.29) is 10.5 Å². The molecule has 0 spiro atoms. The van der Waals surface area contributed by atoms with Gasteiger partial charge in [-0.25, -0.2) is 22.3 Å². The maximum Gasteiger partial charge on any atom is 0.251 e. The van der Waals surface area contributed by atoms with Crippen molar-refractivity contribution < 1.29 is 22.0 Å². The minimum atomic E-state index is -3.83. The number of nitrogens with two attached hydrogens (primary N) is 1. The number of benzene rings is 2. The summed E-state index contributed by atoms with van der Waals surface area (Å²) in [6, 6.07) is 7.85. The van der Waals surface area contributed by atoms with Gasteiger partial charge in [0, 0.05) is 5.56 Å². The van der Waals surface area contributed by atoms with Gasteiger partial charge in [0.05, 0.1) is 10.9 Å². The van der Waals surface area contributed by atoms with Crippen molar-refractivity contribution in [1.82, 2.24) is 5.32 Å². The Kier molecular flexibility index (Phi) is 4.76. The lowest BCUT2D eigenvalue weighted by Crippen LogP contribution is -2.26. The lowest BCUT2D eigenvalue weighted by atomic mass is 10.1. The first-order chi connectivity index (χ1) is 10.7. The van der Waals surface area contributed by atoms with E-state index < -0.39 is 33.6 Å². The van der Waals surface area contributed by atoms with E-state index in [9.17, 15) is 22.0 Å². The number of amides is 1. The van der Waals surface area contributed by atoms with Crippen molar-refractivity contribution in [2.45, 2.75) is 17.9 Å². The molecule has 0 aliphatic heterocycles. The van der Waals surface area contributed by atoms with Crippen molar-refractivity contribution in [3.05, 3.63) is 65.2 Å². The van der Waals surface area contributed by atoms with Crippen LogP contribution in [0.25, 0.3) is 0 Å². The van der Waals surface area contributed by atoms with Gasteiger partial charge in [0.1, 0.15) is 0 Å². The van der Waals surface area contributed by atoms with Crippen molar-refractivity contribution >= 4 is 15.9 Å². The minimum Gasteiger partial charge on any atom is -0.346 e. The fourth-order valence-electron chi connectivity index (χ4n) is 1.94. The van der Waals surface area contributed by atoms with Crippen LogP contribution >= 0.6 is 0 Å². The Bertz CT molecular complexity index is 836. The van der Waals surface area contributed by atoms with Crippen LogP contribution in [0.1, 0.15) is 28.9 Å². The summed E-state index contributed by atoms with van der Waals surface area (Å²) in [6.45, 7) is 1.61. The first kappa shape index (κ1) is 17.0. The van der Waals surface area contributed by atoms with Crippen molar-refractivity contribution in [3.63, 3.8) is 0 Å². The molecule has 0 aromatic heterocycles. The summed E-state index contributed by atoms with van der Waals surface area (Å²) in [5.41, 5.74) is 0.616. The molecule has 0 saturated carbocycles. The van der Waals surface area contributed by atoms with Crippen LogP contribution in [0.4, 0.5) is 8.78 Å². The molecule has 2 rings (SSSR count). The van der Waals surface area contributed by atoms with Crippen LogP contribution in [-0.4, -0.2) is 14.3 Å². The van der Waals surface area contributed by atoms with Gasteiger partial charge in [-0.15, -0.1) is 0 Å². The normalized spacial score (nSPS) is 12.7. The maximum absolute atomic E-state index is 13.2. The second kappa shape index (κ2) is 6.43. The van der Waals surface area contributed by atoms with Crippen molar-refractivity contribution in [2.24, 2.45) is 5.14 Å². The third-order valence-corrected chi connectivity index (χ3v) is 4.17. The molecule has 1 atom stereocenters. The summed E-state index contributed by atoms with van der Waals surface area (Å²) in [6.07, 6.45) is 0. The smallest absolute Gasteiger partial charge is 0.251 e. The van der Waals surface area contributed by atoms with E-state index in [1.807, 2.05) is 0 Å². The zero-order valence-electron chi connectivity index (χ0n) is 12.1. The Morgan fingerprint density at radius 2 is 1.70 bits per heavy atom. The zero-order chi connectivity index (χ0) is 17.2. The molecule has 0 fully saturated rings. The van der Waals surface area contributed by atoms with E-state index in [2.05, 4.69) is 5.32 Å². The highest BCUT2D eigenvalue weighted by Crippen LogP contribution is 2.17. The average molecular weight is 340 g/mol. The van der Waals surface area contributed by atoms with Crippen molar-refractivity contribution in [3.8, 4) is 0 Å². The lowest BCUT2D eigenvalue weighted by Gasteiger charge is -2.14. The van der Waals surface area contributed by atoms with Crippen LogP contribution in [0.5, 0.6) is 0 Å². The third kappa shape index (κ3) is 4.11. The monoisotopic (exact) mass is 340 g/mol. The molecular formula is C15H14F2N2O3S. The fraction of sp³-hybridized carbons (Fsp3) is 0.133. The summed E-state index contributed by atoms with van der Waals surface area (Å²) in [7, 11) is -3.83. The first-order valence-corrected chi connectivity index (χ1v) is 8.12. The van der Waals surface area contributed by atoms with E-state index in [0.29, 0.717) is 5.56 Å². The number of rotatable bonds is 4. The molecule has 0 aliphatic carbocycles. The average Bonchev–Trinajstić information content (AvgIpc) is 2.49. The molecule has 0 heterocycles. The molecule has 0 radical (unpaired) electrons. The molecule has 1 unspecified atom stereocenters. The highest BCUT2D eigenvalue weighted by atomic mass is 32.2. The molecule has 0 aliphatic rings. The summed E-state index contributed by atoms with van der Waals surface area (Å²) >= 11 is 0. The lowest BCUT2D eigenvalue weighted by molar-refractivity contribution is 0.0939. The summed E-state index contributed by atoms with van der Waals surface area (Å²) in [5, 5.41) is 7.58. The van der Waals surface area contributed by atoms with Crippen molar-refractivity contribution in [1.29, 1.82) is 0 Å². The molecule has 23 heavy (non-hydrogen) atoms. The van der Waals surface area contributed by atoms with Gasteiger partial charge < -0.3 is 5.32 Å². The summed E-state index contributed by atoms with van der Waals surface area (Å²) in [4.78, 5) is 12.0. The van der Waals surface area contributed by atoms with Gasteiger partial charge in [-0.2, -0.15) is 0 Å². The Labute approximate surface area is 132 Å². The van der Waals surface area contributed by atoms with E-state index in [1.54, 1.807) is 6.92 Å². The molecule has 2 aromatic carbocycles. The van der Waals surface area contributed by atoms with E-state index in [1.165, 1.54) is 30.3 Å². The number of nitrogens with one attached hydrogen (secondary N) is 1. The largest absolute Gasteiger partial charge is 0.346 e. The molecule has 1 amide bonds. The van der Waals surface area contributed by atoms with E-state index in [0.717, 1.165) is 12.1 Å². The van der Waals surface area contributed by atoms with Crippen molar-refractivity contribution in [2.75, 3.05) is 0 Å². The predicted octanol–water partition coefficient (Wildman–Crippen LogP) is 2.10. The molecule has 2 aromatic rings. The summed E-state index contributed by atoms with van der Waals surface area (Å²) in [5.74, 6) is -2.45. The maximum atomic E-state index is 13.2. The standard InChI is InChI=1S/C15H14F2N2O3S/c1-9(11-4-7-13(16)14(17)8-11)19-15(20)10-2-5-12(6-3-10)23(18,21)22/h2-9H,1H3,(H,19,20)(H2,18,21,22). The highest BCUT2D eigenvalue weighted by Gasteiger charge is 2.14. The number of carbonyl (C=O) groups is 1. The van der Waals surface area contributed by atoms with Crippen LogP contribution in [0.2, 0.25) is 0 Å². The predicted molar refractivity (Wildman–Crippen MR) is 80.1 cm³/mol. The topological polar surface area (TPSA) is 89.3 Å². The second-order valence-electron chi connectivity index (χ2n) is 4.94. The fourth-order valence-corrected chi connectivity index (χ4v) is 2.46. The molecule has 8 heteroatoms. The second-order valence-corrected chi connectivity index (χ2v) is 6.50. The number of hydrogen-bond acceptors (Lipinski definition) is 3. The van der Waals surface area contributed by atoms with Crippen LogP contribution in [-0.2, 0) is 10.0 Å². The first-order valence-electron chi connectivity index (χ1n) is 6.57. The van der Waals surface area contributed by atoms with Gasteiger partial charge in [0.2, 0.25) is 10.0 Å². The molecule has 0 saturated heterocycles. The van der Waals surface area contributed by atoms with E-state index in [4.69, 9.17) is 5.14 Å². The number of primary sulfonamides is 1. The molecule has 0 bridgehead atoms.